The number of amidine groups is 2. The van der Waals surface area contributed by atoms with Crippen LogP contribution < -0.4 is 0 Å². The monoisotopic (exact) mass is 485 g/mol. The number of hydrazone groups is 1. The van der Waals surface area contributed by atoms with Gasteiger partial charge in [-0.1, -0.05) is 38.1 Å². The van der Waals surface area contributed by atoms with E-state index in [1.54, 1.807) is 24.3 Å². The summed E-state index contributed by atoms with van der Waals surface area (Å²) in [5, 5.41) is 15.0. The van der Waals surface area contributed by atoms with Gasteiger partial charge in [-0.3, -0.25) is 10.2 Å². The SMILES string of the molecule is Cc1cc(C=C2C(=N)N3N=C(c4ccccc4F)SC3=NC2=O)c(C)n1-c1ccc(C(C)C)cc1. The minimum Gasteiger partial charge on any atom is -0.318 e. The molecule has 0 aliphatic carbocycles. The fourth-order valence-corrected chi connectivity index (χ4v) is 5.15. The van der Waals surface area contributed by atoms with Gasteiger partial charge in [0, 0.05) is 22.6 Å². The summed E-state index contributed by atoms with van der Waals surface area (Å²) in [5.41, 5.74) is 5.56. The number of halogens is 1. The van der Waals surface area contributed by atoms with Gasteiger partial charge in [-0.2, -0.15) is 15.1 Å². The Morgan fingerprint density at radius 2 is 1.80 bits per heavy atom. The number of thioether (sulfide) groups is 1. The van der Waals surface area contributed by atoms with E-state index >= 15 is 0 Å². The van der Waals surface area contributed by atoms with Crippen molar-refractivity contribution in [2.45, 2.75) is 33.6 Å². The Balaban J connectivity index is 1.49. The number of nitrogens with zero attached hydrogens (tertiary/aromatic N) is 4. The molecule has 0 radical (unpaired) electrons. The van der Waals surface area contributed by atoms with Crippen molar-refractivity contribution in [3.05, 3.63) is 94.1 Å². The van der Waals surface area contributed by atoms with Crippen LogP contribution in [0.25, 0.3) is 11.8 Å². The van der Waals surface area contributed by atoms with Gasteiger partial charge in [0.1, 0.15) is 10.9 Å². The molecule has 3 aromatic rings. The molecule has 6 nitrogen and oxygen atoms in total. The molecule has 0 bridgehead atoms. The van der Waals surface area contributed by atoms with Crippen LogP contribution in [0.5, 0.6) is 0 Å². The third-order valence-electron chi connectivity index (χ3n) is 6.15. The molecule has 2 aromatic carbocycles. The number of carbonyl (C=O) groups excluding carboxylic acids is 1. The number of aromatic nitrogens is 1. The maximum atomic E-state index is 14.3. The molecule has 8 heteroatoms. The molecule has 0 saturated carbocycles. The lowest BCUT2D eigenvalue weighted by Crippen LogP contribution is -2.35. The summed E-state index contributed by atoms with van der Waals surface area (Å²) in [4.78, 5) is 17.0. The van der Waals surface area contributed by atoms with Crippen molar-refractivity contribution in [3.8, 4) is 5.69 Å². The molecule has 1 N–H and O–H groups in total. The van der Waals surface area contributed by atoms with E-state index in [1.807, 2.05) is 19.9 Å². The Kier molecular flexibility index (Phi) is 5.76. The number of amides is 1. The highest BCUT2D eigenvalue weighted by Gasteiger charge is 2.36. The van der Waals surface area contributed by atoms with Gasteiger partial charge in [-0.05, 0) is 79.1 Å². The van der Waals surface area contributed by atoms with Crippen LogP contribution in [0.2, 0.25) is 0 Å². The zero-order valence-corrected chi connectivity index (χ0v) is 20.7. The highest BCUT2D eigenvalue weighted by Crippen LogP contribution is 2.32. The minimum atomic E-state index is -0.509. The molecular weight excluding hydrogens is 461 g/mol. The van der Waals surface area contributed by atoms with Crippen molar-refractivity contribution < 1.29 is 9.18 Å². The first-order valence-electron chi connectivity index (χ1n) is 11.3. The minimum absolute atomic E-state index is 0.0788. The molecule has 1 amide bonds. The van der Waals surface area contributed by atoms with Crippen LogP contribution in [0.1, 0.15) is 47.8 Å². The summed E-state index contributed by atoms with van der Waals surface area (Å²) in [7, 11) is 0. The van der Waals surface area contributed by atoms with E-state index in [0.29, 0.717) is 16.5 Å². The molecule has 5 rings (SSSR count). The van der Waals surface area contributed by atoms with Crippen LogP contribution >= 0.6 is 11.8 Å². The molecule has 0 fully saturated rings. The van der Waals surface area contributed by atoms with E-state index in [-0.39, 0.29) is 16.6 Å². The van der Waals surface area contributed by atoms with Gasteiger partial charge in [0.05, 0.1) is 5.57 Å². The van der Waals surface area contributed by atoms with Gasteiger partial charge in [-0.15, -0.1) is 0 Å². The zero-order valence-electron chi connectivity index (χ0n) is 19.8. The average molecular weight is 486 g/mol. The van der Waals surface area contributed by atoms with E-state index in [9.17, 15) is 9.18 Å². The second-order valence-electron chi connectivity index (χ2n) is 8.81. The van der Waals surface area contributed by atoms with Crippen molar-refractivity contribution in [2.24, 2.45) is 10.1 Å². The number of nitrogens with one attached hydrogen (secondary N) is 1. The van der Waals surface area contributed by atoms with E-state index in [0.717, 1.165) is 34.4 Å². The van der Waals surface area contributed by atoms with Gasteiger partial charge in [0.25, 0.3) is 5.91 Å². The van der Waals surface area contributed by atoms with Crippen LogP contribution in [0.4, 0.5) is 4.39 Å². The maximum Gasteiger partial charge on any atom is 0.283 e. The third kappa shape index (κ3) is 4.04. The Bertz CT molecular complexity index is 1460. The quantitative estimate of drug-likeness (QED) is 0.459. The molecule has 0 atom stereocenters. The largest absolute Gasteiger partial charge is 0.318 e. The number of fused-ring (bicyclic) bond motifs is 1. The normalized spacial score (nSPS) is 16.7. The highest BCUT2D eigenvalue weighted by atomic mass is 32.2. The van der Waals surface area contributed by atoms with Crippen LogP contribution in [0.3, 0.4) is 0 Å². The molecule has 0 unspecified atom stereocenters. The third-order valence-corrected chi connectivity index (χ3v) is 7.09. The maximum absolute atomic E-state index is 14.3. The molecule has 0 saturated heterocycles. The number of hydrogen-bond acceptors (Lipinski definition) is 4. The average Bonchev–Trinajstić information content (AvgIpc) is 3.37. The number of aliphatic imine (C=N–C) groups is 1. The summed E-state index contributed by atoms with van der Waals surface area (Å²) < 4.78 is 16.4. The molecule has 0 spiro atoms. The van der Waals surface area contributed by atoms with Crippen LogP contribution in [-0.4, -0.2) is 31.5 Å². The first-order chi connectivity index (χ1) is 16.7. The Labute approximate surface area is 207 Å². The Morgan fingerprint density at radius 3 is 2.49 bits per heavy atom. The van der Waals surface area contributed by atoms with E-state index < -0.39 is 11.7 Å². The predicted octanol–water partition coefficient (Wildman–Crippen LogP) is 6.02. The summed E-state index contributed by atoms with van der Waals surface area (Å²) in [6.07, 6.45) is 1.69. The van der Waals surface area contributed by atoms with Crippen molar-refractivity contribution in [3.63, 3.8) is 0 Å². The zero-order chi connectivity index (χ0) is 24.9. The summed E-state index contributed by atoms with van der Waals surface area (Å²) in [5.74, 6) is -0.549. The highest BCUT2D eigenvalue weighted by molar-refractivity contribution is 8.27. The lowest BCUT2D eigenvalue weighted by Gasteiger charge is -2.20. The van der Waals surface area contributed by atoms with Gasteiger partial charge in [-0.25, -0.2) is 4.39 Å². The molecule has 35 heavy (non-hydrogen) atoms. The second kappa shape index (κ2) is 8.78. The summed E-state index contributed by atoms with van der Waals surface area (Å²) in [6.45, 7) is 8.33. The first kappa shape index (κ1) is 23.0. The van der Waals surface area contributed by atoms with Gasteiger partial charge >= 0.3 is 0 Å². The molecule has 2 aliphatic heterocycles. The number of rotatable bonds is 4. The van der Waals surface area contributed by atoms with Gasteiger partial charge in [0.2, 0.25) is 5.17 Å². The topological polar surface area (TPSA) is 73.8 Å². The number of benzene rings is 2. The van der Waals surface area contributed by atoms with E-state index in [1.165, 1.54) is 16.6 Å². The van der Waals surface area contributed by atoms with Crippen molar-refractivity contribution in [2.75, 3.05) is 0 Å². The van der Waals surface area contributed by atoms with E-state index in [4.69, 9.17) is 5.41 Å². The molecule has 3 heterocycles. The first-order valence-corrected chi connectivity index (χ1v) is 12.1. The number of aryl methyl sites for hydroxylation is 1. The van der Waals surface area contributed by atoms with Crippen molar-refractivity contribution in [1.82, 2.24) is 9.58 Å². The Hall–Kier alpha value is -3.78. The van der Waals surface area contributed by atoms with Crippen LogP contribution in [0.15, 0.2) is 70.3 Å². The van der Waals surface area contributed by atoms with Crippen molar-refractivity contribution in [1.29, 1.82) is 5.41 Å². The number of carbonyl (C=O) groups is 1. The molecule has 2 aliphatic rings. The second-order valence-corrected chi connectivity index (χ2v) is 9.77. The lowest BCUT2D eigenvalue weighted by atomic mass is 10.0. The number of hydrogen-bond donors (Lipinski definition) is 1. The summed E-state index contributed by atoms with van der Waals surface area (Å²) in [6, 6.07) is 16.7. The fourth-order valence-electron chi connectivity index (χ4n) is 4.23. The van der Waals surface area contributed by atoms with Crippen LogP contribution in [0, 0.1) is 25.1 Å². The van der Waals surface area contributed by atoms with Gasteiger partial charge < -0.3 is 4.57 Å². The summed E-state index contributed by atoms with van der Waals surface area (Å²) >= 11 is 1.08. The molecular formula is C27H24FN5OS. The van der Waals surface area contributed by atoms with E-state index in [2.05, 4.69) is 52.8 Å². The molecule has 176 valence electrons. The van der Waals surface area contributed by atoms with Crippen LogP contribution in [-0.2, 0) is 4.79 Å². The molecule has 1 aromatic heterocycles. The lowest BCUT2D eigenvalue weighted by molar-refractivity contribution is -0.114. The predicted molar refractivity (Wildman–Crippen MR) is 140 cm³/mol. The smallest absolute Gasteiger partial charge is 0.283 e. The fraction of sp³-hybridized carbons (Fsp3) is 0.185. The van der Waals surface area contributed by atoms with Crippen molar-refractivity contribution >= 4 is 39.8 Å². The Morgan fingerprint density at radius 1 is 1.09 bits per heavy atom. The van der Waals surface area contributed by atoms with Gasteiger partial charge in [0.15, 0.2) is 5.84 Å². The standard InChI is InChI=1S/C27H24FN5OS/c1-15(2)18-9-11-20(12-10-18)32-16(3)13-19(17(32)4)14-22-24(29)33-27(30-25(22)34)35-26(31-33)21-7-5-6-8-23(21)28/h5-15,29H,1-4H3.